The van der Waals surface area contributed by atoms with E-state index in [1.54, 1.807) is 6.20 Å². The van der Waals surface area contributed by atoms with Crippen LogP contribution >= 0.6 is 0 Å². The number of carboxylic acid groups (broad SMARTS) is 1. The Kier molecular flexibility index (Phi) is 6.46. The fourth-order valence-corrected chi connectivity index (χ4v) is 3.46. The number of H-pyrrole nitrogens is 1. The van der Waals surface area contributed by atoms with Gasteiger partial charge in [0.2, 0.25) is 0 Å². The maximum absolute atomic E-state index is 11.6. The molecule has 1 aromatic heterocycles. The number of nitrogens with zero attached hydrogens (tertiary/aromatic N) is 1. The van der Waals surface area contributed by atoms with Crippen molar-refractivity contribution >= 4 is 6.09 Å². The van der Waals surface area contributed by atoms with Crippen molar-refractivity contribution in [1.82, 2.24) is 15.3 Å². The van der Waals surface area contributed by atoms with E-state index in [9.17, 15) is 9.90 Å². The van der Waals surface area contributed by atoms with Crippen molar-refractivity contribution in [1.29, 1.82) is 0 Å². The molecular weight excluding hydrogens is 326 g/mol. The van der Waals surface area contributed by atoms with Crippen LogP contribution in [0.4, 0.5) is 4.79 Å². The Balaban J connectivity index is 2.41. The lowest BCUT2D eigenvalue weighted by atomic mass is 9.70. The monoisotopic (exact) mass is 357 g/mol. The van der Waals surface area contributed by atoms with Crippen LogP contribution in [-0.4, -0.2) is 21.2 Å². The zero-order chi connectivity index (χ0) is 19.2. The smallest absolute Gasteiger partial charge is 0.405 e. The Morgan fingerprint density at radius 2 is 1.85 bits per heavy atom. The molecule has 0 radical (unpaired) electrons. The number of carbonyl (C=O) groups is 1. The van der Waals surface area contributed by atoms with Gasteiger partial charge in [0.05, 0.1) is 11.9 Å². The van der Waals surface area contributed by atoms with E-state index < -0.39 is 11.6 Å². The predicted molar refractivity (Wildman–Crippen MR) is 105 cm³/mol. The summed E-state index contributed by atoms with van der Waals surface area (Å²) in [5, 5.41) is 12.4. The number of aromatic nitrogens is 2. The van der Waals surface area contributed by atoms with Gasteiger partial charge in [0, 0.05) is 0 Å². The summed E-state index contributed by atoms with van der Waals surface area (Å²) < 4.78 is 0. The number of unbranched alkanes of at least 4 members (excludes halogenated alkanes) is 3. The molecule has 3 N–H and O–H groups in total. The molecule has 1 amide bonds. The van der Waals surface area contributed by atoms with Gasteiger partial charge in [-0.05, 0) is 17.4 Å². The number of amides is 1. The number of hydrogen-bond acceptors (Lipinski definition) is 2. The number of benzene rings is 1. The van der Waals surface area contributed by atoms with Crippen LogP contribution < -0.4 is 5.32 Å². The molecule has 2 aromatic rings. The minimum absolute atomic E-state index is 0.330. The molecule has 1 unspecified atom stereocenters. The highest BCUT2D eigenvalue weighted by Gasteiger charge is 2.46. The van der Waals surface area contributed by atoms with E-state index in [0.717, 1.165) is 36.9 Å². The van der Waals surface area contributed by atoms with Crippen LogP contribution in [0.1, 0.15) is 65.6 Å². The first-order chi connectivity index (χ1) is 12.3. The van der Waals surface area contributed by atoms with Gasteiger partial charge in [-0.2, -0.15) is 0 Å². The second-order valence-electron chi connectivity index (χ2n) is 7.91. The summed E-state index contributed by atoms with van der Waals surface area (Å²) in [4.78, 5) is 19.6. The summed E-state index contributed by atoms with van der Waals surface area (Å²) in [5.41, 5.74) is 0.841. The summed E-state index contributed by atoms with van der Waals surface area (Å²) >= 11 is 0. The van der Waals surface area contributed by atoms with Crippen LogP contribution in [0, 0.1) is 5.41 Å². The van der Waals surface area contributed by atoms with Crippen LogP contribution in [0.15, 0.2) is 36.5 Å². The van der Waals surface area contributed by atoms with Crippen LogP contribution in [0.2, 0.25) is 0 Å². The van der Waals surface area contributed by atoms with E-state index in [4.69, 9.17) is 0 Å². The summed E-state index contributed by atoms with van der Waals surface area (Å²) in [6.45, 7) is 8.36. The highest BCUT2D eigenvalue weighted by Crippen LogP contribution is 2.42. The molecule has 1 heterocycles. The fourth-order valence-electron chi connectivity index (χ4n) is 3.46. The summed E-state index contributed by atoms with van der Waals surface area (Å²) in [5.74, 6) is 0.683. The van der Waals surface area contributed by atoms with Crippen molar-refractivity contribution in [2.24, 2.45) is 5.41 Å². The molecule has 1 atom stereocenters. The first-order valence-electron chi connectivity index (χ1n) is 9.42. The van der Waals surface area contributed by atoms with E-state index in [1.807, 2.05) is 30.3 Å². The first kappa shape index (κ1) is 20.0. The summed E-state index contributed by atoms with van der Waals surface area (Å²) in [6, 6.07) is 9.96. The SMILES string of the molecule is CCCCCCC(NC(=O)O)(c1ncc(-c2ccccc2)[nH]1)C(C)(C)C. The lowest BCUT2D eigenvalue weighted by Crippen LogP contribution is -2.54. The van der Waals surface area contributed by atoms with Gasteiger partial charge in [-0.1, -0.05) is 83.7 Å². The Bertz CT molecular complexity index is 704. The van der Waals surface area contributed by atoms with Crippen LogP contribution in [0.3, 0.4) is 0 Å². The maximum Gasteiger partial charge on any atom is 0.405 e. The molecule has 0 aliphatic heterocycles. The molecule has 0 fully saturated rings. The molecule has 1 aromatic carbocycles. The number of rotatable bonds is 8. The average Bonchev–Trinajstić information content (AvgIpc) is 3.07. The summed E-state index contributed by atoms with van der Waals surface area (Å²) in [7, 11) is 0. The molecule has 0 saturated heterocycles. The van der Waals surface area contributed by atoms with E-state index >= 15 is 0 Å². The molecule has 0 aliphatic rings. The van der Waals surface area contributed by atoms with Crippen molar-refractivity contribution in [2.45, 2.75) is 65.3 Å². The van der Waals surface area contributed by atoms with E-state index in [0.29, 0.717) is 12.2 Å². The summed E-state index contributed by atoms with van der Waals surface area (Å²) in [6.07, 6.45) is 5.82. The van der Waals surface area contributed by atoms with E-state index in [2.05, 4.69) is 43.0 Å². The highest BCUT2D eigenvalue weighted by molar-refractivity contribution is 5.66. The number of imidazole rings is 1. The average molecular weight is 357 g/mol. The predicted octanol–water partition coefficient (Wildman–Crippen LogP) is 5.56. The third-order valence-electron chi connectivity index (χ3n) is 5.07. The standard InChI is InChI=1S/C21H31N3O2/c1-5-6-7-11-14-21(20(2,3)4,24-19(25)26)18-22-15-17(23-18)16-12-9-8-10-13-16/h8-10,12-13,15,24H,5-7,11,14H2,1-4H3,(H,22,23)(H,25,26). The third-order valence-corrected chi connectivity index (χ3v) is 5.07. The van der Waals surface area contributed by atoms with Gasteiger partial charge in [0.15, 0.2) is 0 Å². The van der Waals surface area contributed by atoms with Gasteiger partial charge in [0.1, 0.15) is 11.4 Å². The van der Waals surface area contributed by atoms with Gasteiger partial charge in [-0.15, -0.1) is 0 Å². The number of aromatic amines is 1. The minimum atomic E-state index is -1.02. The third kappa shape index (κ3) is 4.45. The van der Waals surface area contributed by atoms with Gasteiger partial charge < -0.3 is 15.4 Å². The van der Waals surface area contributed by atoms with Crippen molar-refractivity contribution < 1.29 is 9.90 Å². The first-order valence-corrected chi connectivity index (χ1v) is 9.42. The lowest BCUT2D eigenvalue weighted by Gasteiger charge is -2.43. The minimum Gasteiger partial charge on any atom is -0.465 e. The van der Waals surface area contributed by atoms with Gasteiger partial charge in [0.25, 0.3) is 0 Å². The van der Waals surface area contributed by atoms with Crippen molar-refractivity contribution in [3.8, 4) is 11.3 Å². The molecule has 5 nitrogen and oxygen atoms in total. The molecule has 0 saturated carbocycles. The second kappa shape index (κ2) is 8.39. The molecule has 0 spiro atoms. The molecule has 142 valence electrons. The maximum atomic E-state index is 11.6. The van der Waals surface area contributed by atoms with Crippen molar-refractivity contribution in [3.05, 3.63) is 42.4 Å². The largest absolute Gasteiger partial charge is 0.465 e. The van der Waals surface area contributed by atoms with Crippen LogP contribution in [-0.2, 0) is 5.54 Å². The Morgan fingerprint density at radius 3 is 2.42 bits per heavy atom. The number of hydrogen-bond donors (Lipinski definition) is 3. The van der Waals surface area contributed by atoms with Gasteiger partial charge in [-0.25, -0.2) is 9.78 Å². The fraction of sp³-hybridized carbons (Fsp3) is 0.524. The molecule has 0 bridgehead atoms. The zero-order valence-corrected chi connectivity index (χ0v) is 16.3. The lowest BCUT2D eigenvalue weighted by molar-refractivity contribution is 0.0994. The normalized spacial score (nSPS) is 14.0. The van der Waals surface area contributed by atoms with Crippen molar-refractivity contribution in [3.63, 3.8) is 0 Å². The number of nitrogens with one attached hydrogen (secondary N) is 2. The van der Waals surface area contributed by atoms with Gasteiger partial charge in [-0.3, -0.25) is 0 Å². The zero-order valence-electron chi connectivity index (χ0n) is 16.3. The molecule has 26 heavy (non-hydrogen) atoms. The quantitative estimate of drug-likeness (QED) is 0.541. The van der Waals surface area contributed by atoms with Gasteiger partial charge >= 0.3 is 6.09 Å². The van der Waals surface area contributed by atoms with Crippen molar-refractivity contribution in [2.75, 3.05) is 0 Å². The Labute approximate surface area is 156 Å². The van der Waals surface area contributed by atoms with Crippen LogP contribution in [0.5, 0.6) is 0 Å². The molecule has 5 heteroatoms. The second-order valence-corrected chi connectivity index (χ2v) is 7.91. The van der Waals surface area contributed by atoms with E-state index in [1.165, 1.54) is 0 Å². The van der Waals surface area contributed by atoms with Crippen LogP contribution in [0.25, 0.3) is 11.3 Å². The van der Waals surface area contributed by atoms with E-state index in [-0.39, 0.29) is 5.41 Å². The Morgan fingerprint density at radius 1 is 1.15 bits per heavy atom. The Hall–Kier alpha value is -2.30. The topological polar surface area (TPSA) is 78.0 Å². The molecule has 2 rings (SSSR count). The highest BCUT2D eigenvalue weighted by atomic mass is 16.4. The molecular formula is C21H31N3O2. The molecule has 0 aliphatic carbocycles.